The maximum Gasteiger partial charge on any atom is 0.238 e. The number of fused-ring (bicyclic) bond motifs is 1. The van der Waals surface area contributed by atoms with Crippen LogP contribution in [0, 0.1) is 5.92 Å². The molecule has 3 aromatic rings. The number of benzene rings is 2. The number of aromatic nitrogens is 1. The molecule has 0 radical (unpaired) electrons. The normalized spacial score (nSPS) is 16.0. The molecule has 1 aliphatic rings. The molecule has 1 aromatic heterocycles. The van der Waals surface area contributed by atoms with Gasteiger partial charge in [-0.15, -0.1) is 0 Å². The number of Topliss-reactive ketones (excluding diaryl/α,β-unsaturated/α-hetero) is 1. The first-order valence-corrected chi connectivity index (χ1v) is 13.2. The van der Waals surface area contributed by atoms with E-state index in [0.717, 1.165) is 29.1 Å². The number of nitrogens with zero attached hydrogens (tertiary/aromatic N) is 2. The standard InChI is InChI=1S/C27H31N3O4S/c1-18(16-22-6-5-14-30(22)21-8-10-23(11-9-21)35(28,33)34)26(32)20-7-12-24-25(17-20)29(19(2)31)15-13-27(24,3)4/h5-12,14,17-18H,13,15-16H2,1-4H3,(H2,28,33,34). The Morgan fingerprint density at radius 1 is 1.09 bits per heavy atom. The summed E-state index contributed by atoms with van der Waals surface area (Å²) >= 11 is 0. The average molecular weight is 494 g/mol. The van der Waals surface area contributed by atoms with Crippen LogP contribution in [-0.2, 0) is 26.7 Å². The lowest BCUT2D eigenvalue weighted by Crippen LogP contribution is -2.40. The summed E-state index contributed by atoms with van der Waals surface area (Å²) in [6.07, 6.45) is 3.25. The number of carbonyl (C=O) groups is 2. The van der Waals surface area contributed by atoms with E-state index < -0.39 is 10.0 Å². The van der Waals surface area contributed by atoms with Gasteiger partial charge in [0.2, 0.25) is 15.9 Å². The van der Waals surface area contributed by atoms with Crippen molar-refractivity contribution in [3.05, 3.63) is 77.6 Å². The van der Waals surface area contributed by atoms with Gasteiger partial charge in [-0.05, 0) is 66.3 Å². The summed E-state index contributed by atoms with van der Waals surface area (Å²) in [6.45, 7) is 8.42. The summed E-state index contributed by atoms with van der Waals surface area (Å²) < 4.78 is 25.0. The number of primary sulfonamides is 1. The van der Waals surface area contributed by atoms with Crippen molar-refractivity contribution < 1.29 is 18.0 Å². The third-order valence-electron chi connectivity index (χ3n) is 6.88. The molecule has 7 nitrogen and oxygen atoms in total. The molecule has 0 spiro atoms. The Kier molecular flexibility index (Phi) is 6.46. The van der Waals surface area contributed by atoms with Crippen molar-refractivity contribution in [2.45, 2.75) is 50.8 Å². The molecule has 1 amide bonds. The first-order valence-electron chi connectivity index (χ1n) is 11.6. The van der Waals surface area contributed by atoms with E-state index in [-0.39, 0.29) is 27.9 Å². The van der Waals surface area contributed by atoms with Crippen LogP contribution < -0.4 is 10.0 Å². The van der Waals surface area contributed by atoms with Crippen LogP contribution in [0.5, 0.6) is 0 Å². The van der Waals surface area contributed by atoms with Gasteiger partial charge < -0.3 is 9.47 Å². The summed E-state index contributed by atoms with van der Waals surface area (Å²) in [6, 6.07) is 15.9. The second-order valence-corrected chi connectivity index (χ2v) is 11.5. The topological polar surface area (TPSA) is 102 Å². The molecule has 184 valence electrons. The SMILES string of the molecule is CC(=O)N1CCC(C)(C)c2ccc(C(=O)C(C)Cc3cccn3-c3ccc(S(N)(=O)=O)cc3)cc21. The number of amides is 1. The summed E-state index contributed by atoms with van der Waals surface area (Å²) in [5, 5.41) is 5.20. The van der Waals surface area contributed by atoms with Gasteiger partial charge in [-0.2, -0.15) is 0 Å². The minimum atomic E-state index is -3.76. The fourth-order valence-electron chi connectivity index (χ4n) is 4.78. The Labute approximate surface area is 206 Å². The lowest BCUT2D eigenvalue weighted by atomic mass is 9.77. The van der Waals surface area contributed by atoms with Crippen LogP contribution in [0.25, 0.3) is 5.69 Å². The van der Waals surface area contributed by atoms with Crippen LogP contribution in [0.15, 0.2) is 65.7 Å². The Balaban J connectivity index is 1.58. The number of nitrogens with two attached hydrogens (primary N) is 1. The van der Waals surface area contributed by atoms with Crippen molar-refractivity contribution in [2.75, 3.05) is 11.4 Å². The van der Waals surface area contributed by atoms with E-state index in [9.17, 15) is 18.0 Å². The van der Waals surface area contributed by atoms with E-state index in [1.165, 1.54) is 12.1 Å². The van der Waals surface area contributed by atoms with Gasteiger partial charge in [-0.3, -0.25) is 9.59 Å². The van der Waals surface area contributed by atoms with Gasteiger partial charge >= 0.3 is 0 Å². The molecule has 0 saturated heterocycles. The monoisotopic (exact) mass is 493 g/mol. The van der Waals surface area contributed by atoms with Crippen molar-refractivity contribution in [3.8, 4) is 5.69 Å². The molecule has 8 heteroatoms. The van der Waals surface area contributed by atoms with E-state index in [1.807, 2.05) is 48.0 Å². The van der Waals surface area contributed by atoms with Gasteiger partial charge in [0.25, 0.3) is 0 Å². The summed E-state index contributed by atoms with van der Waals surface area (Å²) in [5.41, 5.74) is 4.15. The van der Waals surface area contributed by atoms with Crippen LogP contribution in [0.3, 0.4) is 0 Å². The molecule has 0 aliphatic carbocycles. The first-order chi connectivity index (χ1) is 16.4. The number of rotatable bonds is 6. The van der Waals surface area contributed by atoms with Gasteiger partial charge in [0.1, 0.15) is 0 Å². The number of ketones is 1. The van der Waals surface area contributed by atoms with Crippen molar-refractivity contribution in [2.24, 2.45) is 11.1 Å². The largest absolute Gasteiger partial charge is 0.321 e. The molecule has 2 N–H and O–H groups in total. The molecule has 2 aromatic carbocycles. The molecule has 4 rings (SSSR count). The lowest BCUT2D eigenvalue weighted by Gasteiger charge is -2.39. The predicted octanol–water partition coefficient (Wildman–Crippen LogP) is 4.22. The van der Waals surface area contributed by atoms with Crippen molar-refractivity contribution >= 4 is 27.4 Å². The number of carbonyl (C=O) groups excluding carboxylic acids is 2. The Bertz CT molecular complexity index is 1390. The van der Waals surface area contributed by atoms with Crippen LogP contribution in [-0.4, -0.2) is 31.2 Å². The lowest BCUT2D eigenvalue weighted by molar-refractivity contribution is -0.116. The third-order valence-corrected chi connectivity index (χ3v) is 7.81. The number of hydrogen-bond acceptors (Lipinski definition) is 4. The van der Waals surface area contributed by atoms with E-state index in [0.29, 0.717) is 18.5 Å². The van der Waals surface area contributed by atoms with Gasteiger partial charge in [0.05, 0.1) is 4.90 Å². The highest BCUT2D eigenvalue weighted by atomic mass is 32.2. The van der Waals surface area contributed by atoms with Crippen LogP contribution in [0.2, 0.25) is 0 Å². The van der Waals surface area contributed by atoms with E-state index in [1.54, 1.807) is 24.0 Å². The van der Waals surface area contributed by atoms with E-state index >= 15 is 0 Å². The smallest absolute Gasteiger partial charge is 0.238 e. The zero-order chi connectivity index (χ0) is 25.5. The molecule has 0 fully saturated rings. The fourth-order valence-corrected chi connectivity index (χ4v) is 5.29. The van der Waals surface area contributed by atoms with Crippen molar-refractivity contribution in [1.29, 1.82) is 0 Å². The quantitative estimate of drug-likeness (QED) is 0.519. The van der Waals surface area contributed by atoms with Crippen LogP contribution in [0.4, 0.5) is 5.69 Å². The second-order valence-electron chi connectivity index (χ2n) is 9.91. The minimum Gasteiger partial charge on any atom is -0.321 e. The molecule has 0 saturated carbocycles. The molecular formula is C27H31N3O4S. The molecule has 1 unspecified atom stereocenters. The number of sulfonamides is 1. The molecule has 35 heavy (non-hydrogen) atoms. The molecule has 0 bridgehead atoms. The highest BCUT2D eigenvalue weighted by molar-refractivity contribution is 7.89. The van der Waals surface area contributed by atoms with Gasteiger partial charge in [-0.25, -0.2) is 13.6 Å². The summed E-state index contributed by atoms with van der Waals surface area (Å²) in [5.74, 6) is -0.310. The van der Waals surface area contributed by atoms with Gasteiger partial charge in [0.15, 0.2) is 5.78 Å². The molecule has 1 aliphatic heterocycles. The molecule has 1 atom stereocenters. The predicted molar refractivity (Wildman–Crippen MR) is 136 cm³/mol. The van der Waals surface area contributed by atoms with Crippen molar-refractivity contribution in [3.63, 3.8) is 0 Å². The van der Waals surface area contributed by atoms with E-state index in [2.05, 4.69) is 13.8 Å². The summed E-state index contributed by atoms with van der Waals surface area (Å²) in [4.78, 5) is 27.5. The maximum absolute atomic E-state index is 13.4. The average Bonchev–Trinajstić information content (AvgIpc) is 3.25. The Morgan fingerprint density at radius 2 is 1.77 bits per heavy atom. The third kappa shape index (κ3) is 4.94. The zero-order valence-corrected chi connectivity index (χ0v) is 21.3. The highest BCUT2D eigenvalue weighted by Crippen LogP contribution is 2.40. The van der Waals surface area contributed by atoms with Gasteiger partial charge in [-0.1, -0.05) is 32.9 Å². The van der Waals surface area contributed by atoms with Crippen LogP contribution in [0.1, 0.15) is 55.7 Å². The van der Waals surface area contributed by atoms with E-state index in [4.69, 9.17) is 5.14 Å². The fraction of sp³-hybridized carbons (Fsp3) is 0.333. The molecular weight excluding hydrogens is 462 g/mol. The summed E-state index contributed by atoms with van der Waals surface area (Å²) in [7, 11) is -3.76. The molecule has 2 heterocycles. The van der Waals surface area contributed by atoms with Crippen molar-refractivity contribution in [1.82, 2.24) is 4.57 Å². The van der Waals surface area contributed by atoms with Gasteiger partial charge in [0, 0.05) is 48.2 Å². The highest BCUT2D eigenvalue weighted by Gasteiger charge is 2.33. The number of anilines is 1. The first kappa shape index (κ1) is 24.9. The number of hydrogen-bond donors (Lipinski definition) is 1. The Hall–Kier alpha value is -3.23. The van der Waals surface area contributed by atoms with Crippen LogP contribution >= 0.6 is 0 Å². The minimum absolute atomic E-state index is 0.0111. The maximum atomic E-state index is 13.4. The zero-order valence-electron chi connectivity index (χ0n) is 20.5. The second kappa shape index (κ2) is 9.09. The Morgan fingerprint density at radius 3 is 2.40 bits per heavy atom.